The summed E-state index contributed by atoms with van der Waals surface area (Å²) in [4.78, 5) is 13.3. The van der Waals surface area contributed by atoms with Crippen LogP contribution in [0.5, 0.6) is 0 Å². The number of hydrogen-bond acceptors (Lipinski definition) is 1. The van der Waals surface area contributed by atoms with E-state index < -0.39 is 0 Å². The first-order chi connectivity index (χ1) is 12.6. The molecule has 0 aliphatic heterocycles. The van der Waals surface area contributed by atoms with E-state index in [2.05, 4.69) is 18.1 Å². The van der Waals surface area contributed by atoms with Gasteiger partial charge in [0.2, 0.25) is 0 Å². The first-order valence-corrected chi connectivity index (χ1v) is 8.68. The molecule has 0 atom stereocenters. The van der Waals surface area contributed by atoms with Crippen LogP contribution in [-0.4, -0.2) is 9.78 Å². The molecule has 0 fully saturated rings. The number of hydrogen-bond donors (Lipinski definition) is 1. The highest BCUT2D eigenvalue weighted by Crippen LogP contribution is 2.31. The Hall–Kier alpha value is -3.33. The molecule has 4 rings (SSSR count). The first kappa shape index (κ1) is 16.2. The summed E-state index contributed by atoms with van der Waals surface area (Å²) >= 11 is 0. The molecule has 1 N–H and O–H groups in total. The van der Waals surface area contributed by atoms with E-state index in [4.69, 9.17) is 0 Å². The van der Waals surface area contributed by atoms with Crippen LogP contribution in [0.3, 0.4) is 0 Å². The van der Waals surface area contributed by atoms with Crippen LogP contribution in [0, 0.1) is 13.8 Å². The second kappa shape index (κ2) is 6.52. The molecule has 1 heterocycles. The van der Waals surface area contributed by atoms with Crippen molar-refractivity contribution in [1.82, 2.24) is 9.78 Å². The number of H-pyrrole nitrogens is 1. The largest absolute Gasteiger partial charge is 0.290 e. The monoisotopic (exact) mass is 340 g/mol. The van der Waals surface area contributed by atoms with Crippen LogP contribution in [-0.2, 0) is 0 Å². The molecular weight excluding hydrogens is 320 g/mol. The Kier molecular flexibility index (Phi) is 4.05. The van der Waals surface area contributed by atoms with Crippen molar-refractivity contribution >= 4 is 0 Å². The molecule has 0 amide bonds. The summed E-state index contributed by atoms with van der Waals surface area (Å²) < 4.78 is 1.62. The van der Waals surface area contributed by atoms with E-state index in [0.717, 1.165) is 28.1 Å². The third kappa shape index (κ3) is 2.78. The van der Waals surface area contributed by atoms with E-state index in [0.29, 0.717) is 5.56 Å². The average Bonchev–Trinajstić information content (AvgIpc) is 3.01. The lowest BCUT2D eigenvalue weighted by molar-refractivity contribution is 0.852. The quantitative estimate of drug-likeness (QED) is 0.552. The summed E-state index contributed by atoms with van der Waals surface area (Å²) in [6.07, 6.45) is 0. The maximum atomic E-state index is 13.3. The van der Waals surface area contributed by atoms with Gasteiger partial charge in [0, 0.05) is 5.56 Å². The highest BCUT2D eigenvalue weighted by molar-refractivity contribution is 5.82. The molecule has 0 saturated carbocycles. The Balaban J connectivity index is 2.02. The van der Waals surface area contributed by atoms with Crippen LogP contribution in [0.4, 0.5) is 0 Å². The first-order valence-electron chi connectivity index (χ1n) is 8.68. The van der Waals surface area contributed by atoms with Gasteiger partial charge in [-0.3, -0.25) is 9.89 Å². The number of nitrogens with one attached hydrogen (secondary N) is 1. The van der Waals surface area contributed by atoms with E-state index in [1.807, 2.05) is 79.7 Å². The predicted molar refractivity (Wildman–Crippen MR) is 107 cm³/mol. The van der Waals surface area contributed by atoms with Crippen LogP contribution < -0.4 is 5.56 Å². The van der Waals surface area contributed by atoms with Gasteiger partial charge in [-0.15, -0.1) is 0 Å². The number of rotatable bonds is 3. The Morgan fingerprint density at radius 3 is 2.12 bits per heavy atom. The van der Waals surface area contributed by atoms with Gasteiger partial charge in [0.15, 0.2) is 0 Å². The summed E-state index contributed by atoms with van der Waals surface area (Å²) in [5.74, 6) is 0. The Morgan fingerprint density at radius 2 is 1.42 bits per heavy atom. The molecular formula is C23H20N2O. The van der Waals surface area contributed by atoms with Crippen molar-refractivity contribution in [2.45, 2.75) is 13.8 Å². The summed E-state index contributed by atoms with van der Waals surface area (Å²) in [5.41, 5.74) is 6.58. The maximum absolute atomic E-state index is 13.3. The van der Waals surface area contributed by atoms with Crippen LogP contribution >= 0.6 is 0 Å². The Morgan fingerprint density at radius 1 is 0.769 bits per heavy atom. The van der Waals surface area contributed by atoms with Crippen LogP contribution in [0.25, 0.3) is 28.1 Å². The molecule has 128 valence electrons. The molecule has 1 aromatic heterocycles. The molecule has 4 aromatic rings. The van der Waals surface area contributed by atoms with Gasteiger partial charge in [-0.25, -0.2) is 4.68 Å². The molecule has 3 nitrogen and oxygen atoms in total. The minimum Gasteiger partial charge on any atom is -0.290 e. The summed E-state index contributed by atoms with van der Waals surface area (Å²) in [5, 5.41) is 3.34. The molecule has 0 radical (unpaired) electrons. The number of aryl methyl sites for hydroxylation is 2. The molecule has 26 heavy (non-hydrogen) atoms. The molecule has 0 aliphatic carbocycles. The fourth-order valence-corrected chi connectivity index (χ4v) is 3.23. The SMILES string of the molecule is Cc1ccc(-c2c(-c3ccccc3C)[nH]n(-c3ccccc3)c2=O)cc1. The number of nitrogens with zero attached hydrogens (tertiary/aromatic N) is 1. The lowest BCUT2D eigenvalue weighted by Crippen LogP contribution is -2.15. The van der Waals surface area contributed by atoms with E-state index in [1.165, 1.54) is 5.56 Å². The van der Waals surface area contributed by atoms with Crippen molar-refractivity contribution in [3.8, 4) is 28.1 Å². The number of aromatic amines is 1. The maximum Gasteiger partial charge on any atom is 0.279 e. The molecule has 3 heteroatoms. The second-order valence-corrected chi connectivity index (χ2v) is 6.52. The molecule has 0 spiro atoms. The smallest absolute Gasteiger partial charge is 0.279 e. The van der Waals surface area contributed by atoms with Crippen molar-refractivity contribution in [2.75, 3.05) is 0 Å². The summed E-state index contributed by atoms with van der Waals surface area (Å²) in [6, 6.07) is 25.9. The van der Waals surface area contributed by atoms with Gasteiger partial charge in [-0.05, 0) is 37.1 Å². The van der Waals surface area contributed by atoms with Gasteiger partial charge >= 0.3 is 0 Å². The Bertz CT molecular complexity index is 1100. The standard InChI is InChI=1S/C23H20N2O/c1-16-12-14-18(15-13-16)21-22(20-11-7-6-8-17(20)2)24-25(23(21)26)19-9-4-3-5-10-19/h3-15,24H,1-2H3. The highest BCUT2D eigenvalue weighted by atomic mass is 16.1. The predicted octanol–water partition coefficient (Wildman–Crippen LogP) is 5.12. The van der Waals surface area contributed by atoms with Gasteiger partial charge in [-0.2, -0.15) is 0 Å². The fourth-order valence-electron chi connectivity index (χ4n) is 3.23. The normalized spacial score (nSPS) is 10.8. The van der Waals surface area contributed by atoms with Gasteiger partial charge in [0.25, 0.3) is 5.56 Å². The fraction of sp³-hybridized carbons (Fsp3) is 0.0870. The third-order valence-electron chi connectivity index (χ3n) is 4.66. The zero-order valence-electron chi connectivity index (χ0n) is 14.9. The highest BCUT2D eigenvalue weighted by Gasteiger charge is 2.19. The van der Waals surface area contributed by atoms with Crippen LogP contribution in [0.15, 0.2) is 83.7 Å². The Labute approximate surface area is 152 Å². The summed E-state index contributed by atoms with van der Waals surface area (Å²) in [6.45, 7) is 4.11. The third-order valence-corrected chi connectivity index (χ3v) is 4.66. The van der Waals surface area contributed by atoms with E-state index in [1.54, 1.807) is 4.68 Å². The van der Waals surface area contributed by atoms with Gasteiger partial charge in [0.05, 0.1) is 16.9 Å². The van der Waals surface area contributed by atoms with Gasteiger partial charge in [-0.1, -0.05) is 72.3 Å². The van der Waals surface area contributed by atoms with E-state index in [-0.39, 0.29) is 5.56 Å². The second-order valence-electron chi connectivity index (χ2n) is 6.52. The van der Waals surface area contributed by atoms with E-state index >= 15 is 0 Å². The van der Waals surface area contributed by atoms with Crippen molar-refractivity contribution in [3.05, 3.63) is 100 Å². The van der Waals surface area contributed by atoms with E-state index in [9.17, 15) is 4.79 Å². The molecule has 0 aliphatic rings. The van der Waals surface area contributed by atoms with Crippen LogP contribution in [0.2, 0.25) is 0 Å². The molecule has 0 saturated heterocycles. The van der Waals surface area contributed by atoms with Crippen molar-refractivity contribution in [2.24, 2.45) is 0 Å². The number of benzene rings is 3. The number of para-hydroxylation sites is 1. The average molecular weight is 340 g/mol. The van der Waals surface area contributed by atoms with Gasteiger partial charge < -0.3 is 0 Å². The summed E-state index contributed by atoms with van der Waals surface area (Å²) in [7, 11) is 0. The topological polar surface area (TPSA) is 37.8 Å². The lowest BCUT2D eigenvalue weighted by Gasteiger charge is -2.06. The lowest BCUT2D eigenvalue weighted by atomic mass is 9.98. The number of aromatic nitrogens is 2. The van der Waals surface area contributed by atoms with Crippen molar-refractivity contribution in [1.29, 1.82) is 0 Å². The minimum atomic E-state index is -0.0432. The molecule has 0 unspecified atom stereocenters. The minimum absolute atomic E-state index is 0.0432. The van der Waals surface area contributed by atoms with Crippen molar-refractivity contribution in [3.63, 3.8) is 0 Å². The van der Waals surface area contributed by atoms with Crippen molar-refractivity contribution < 1.29 is 0 Å². The zero-order chi connectivity index (χ0) is 18.1. The van der Waals surface area contributed by atoms with Gasteiger partial charge in [0.1, 0.15) is 0 Å². The molecule has 0 bridgehead atoms. The zero-order valence-corrected chi connectivity index (χ0v) is 14.9. The molecule has 3 aromatic carbocycles. The van der Waals surface area contributed by atoms with Crippen LogP contribution in [0.1, 0.15) is 11.1 Å².